The first-order valence-electron chi connectivity index (χ1n) is 6.61. The molecular weight excluding hydrogens is 252 g/mol. The maximum atomic E-state index is 5.48. The largest absolute Gasteiger partial charge is 0.500 e. The third kappa shape index (κ3) is 6.26. The Labute approximate surface area is 111 Å². The average molecular weight is 278 g/mol. The van der Waals surface area contributed by atoms with Gasteiger partial charge in [0.15, 0.2) is 0 Å². The summed E-state index contributed by atoms with van der Waals surface area (Å²) in [7, 11) is 2.63. The molecule has 6 heteroatoms. The summed E-state index contributed by atoms with van der Waals surface area (Å²) in [5.41, 5.74) is 0. The smallest absolute Gasteiger partial charge is 0.379 e. The molecule has 0 bridgehead atoms. The summed E-state index contributed by atoms with van der Waals surface area (Å²) in [4.78, 5) is 0. The predicted octanol–water partition coefficient (Wildman–Crippen LogP) is 1.84. The van der Waals surface area contributed by atoms with Gasteiger partial charge in [0.05, 0.1) is 13.2 Å². The zero-order valence-corrected chi connectivity index (χ0v) is 12.8. The number of ether oxygens (including phenoxy) is 2. The molecule has 108 valence electrons. The minimum absolute atomic E-state index is 0.377. The molecule has 1 aliphatic rings. The second kappa shape index (κ2) is 9.01. The van der Waals surface area contributed by atoms with Gasteiger partial charge in [-0.3, -0.25) is 0 Å². The van der Waals surface area contributed by atoms with Crippen molar-refractivity contribution in [3.05, 3.63) is 0 Å². The van der Waals surface area contributed by atoms with Gasteiger partial charge in [0, 0.05) is 34.0 Å². The van der Waals surface area contributed by atoms with Gasteiger partial charge in [0.2, 0.25) is 0 Å². The molecule has 0 amide bonds. The lowest BCUT2D eigenvalue weighted by molar-refractivity contribution is 0.112. The highest BCUT2D eigenvalue weighted by Gasteiger charge is 2.36. The molecule has 1 saturated heterocycles. The van der Waals surface area contributed by atoms with Gasteiger partial charge in [-0.2, -0.15) is 0 Å². The Morgan fingerprint density at radius 3 is 2.17 bits per heavy atom. The van der Waals surface area contributed by atoms with Crippen molar-refractivity contribution in [3.63, 3.8) is 0 Å². The predicted molar refractivity (Wildman–Crippen MR) is 70.6 cm³/mol. The molecule has 0 radical (unpaired) electrons. The van der Waals surface area contributed by atoms with E-state index in [-0.39, 0.29) is 0 Å². The molecule has 1 atom stereocenters. The van der Waals surface area contributed by atoms with E-state index < -0.39 is 8.80 Å². The number of hydrogen-bond acceptors (Lipinski definition) is 5. The molecule has 0 aromatic carbocycles. The molecule has 1 unspecified atom stereocenters. The molecule has 0 N–H and O–H groups in total. The van der Waals surface area contributed by atoms with Gasteiger partial charge in [0.25, 0.3) is 0 Å². The Balaban J connectivity index is 1.89. The van der Waals surface area contributed by atoms with Crippen molar-refractivity contribution >= 4 is 8.80 Å². The van der Waals surface area contributed by atoms with Crippen molar-refractivity contribution in [2.75, 3.05) is 41.2 Å². The maximum Gasteiger partial charge on any atom is 0.500 e. The van der Waals surface area contributed by atoms with Crippen LogP contribution in [0.25, 0.3) is 0 Å². The standard InChI is InChI=1S/C12H26O5Si/c1-13-18(14-2,15-3)9-7-5-4-6-8-16-10-12-11-17-12/h12H,4-11H2,1-3H3. The molecule has 18 heavy (non-hydrogen) atoms. The van der Waals surface area contributed by atoms with Gasteiger partial charge in [-0.1, -0.05) is 12.8 Å². The average Bonchev–Trinajstić information content (AvgIpc) is 3.22. The molecule has 0 saturated carbocycles. The lowest BCUT2D eigenvalue weighted by Gasteiger charge is -2.24. The first kappa shape index (κ1) is 16.1. The fourth-order valence-electron chi connectivity index (χ4n) is 1.83. The fourth-order valence-corrected chi connectivity index (χ4v) is 3.63. The van der Waals surface area contributed by atoms with Crippen LogP contribution in [-0.2, 0) is 22.8 Å². The van der Waals surface area contributed by atoms with Crippen LogP contribution in [-0.4, -0.2) is 56.1 Å². The fraction of sp³-hybridized carbons (Fsp3) is 1.00. The van der Waals surface area contributed by atoms with Crippen molar-refractivity contribution < 1.29 is 22.8 Å². The maximum absolute atomic E-state index is 5.48. The highest BCUT2D eigenvalue weighted by molar-refractivity contribution is 6.60. The number of unbranched alkanes of at least 4 members (excludes halogenated alkanes) is 3. The van der Waals surface area contributed by atoms with Gasteiger partial charge in [0.1, 0.15) is 6.10 Å². The Bertz CT molecular complexity index is 198. The zero-order chi connectivity index (χ0) is 13.3. The summed E-state index contributed by atoms with van der Waals surface area (Å²) in [5.74, 6) is 0. The number of hydrogen-bond donors (Lipinski definition) is 0. The van der Waals surface area contributed by atoms with E-state index in [4.69, 9.17) is 22.8 Å². The van der Waals surface area contributed by atoms with Crippen LogP contribution in [0.15, 0.2) is 0 Å². The van der Waals surface area contributed by atoms with Crippen LogP contribution >= 0.6 is 0 Å². The van der Waals surface area contributed by atoms with Gasteiger partial charge < -0.3 is 22.8 Å². The molecular formula is C12H26O5Si. The van der Waals surface area contributed by atoms with Gasteiger partial charge in [-0.05, 0) is 12.8 Å². The summed E-state index contributed by atoms with van der Waals surface area (Å²) in [6, 6.07) is 0.882. The Morgan fingerprint density at radius 1 is 1.00 bits per heavy atom. The highest BCUT2D eigenvalue weighted by atomic mass is 28.4. The van der Waals surface area contributed by atoms with E-state index in [1.54, 1.807) is 21.3 Å². The third-order valence-corrected chi connectivity index (χ3v) is 5.99. The SMILES string of the molecule is CO[Si](CCCCCCOCC1CO1)(OC)OC. The van der Waals surface area contributed by atoms with Crippen LogP contribution in [0.3, 0.4) is 0 Å². The van der Waals surface area contributed by atoms with Crippen LogP contribution in [0.1, 0.15) is 25.7 Å². The van der Waals surface area contributed by atoms with E-state index in [0.29, 0.717) is 6.10 Å². The monoisotopic (exact) mass is 278 g/mol. The van der Waals surface area contributed by atoms with E-state index in [2.05, 4.69) is 0 Å². The van der Waals surface area contributed by atoms with Crippen LogP contribution in [0, 0.1) is 0 Å². The summed E-state index contributed by atoms with van der Waals surface area (Å²) >= 11 is 0. The normalized spacial score (nSPS) is 19.2. The molecule has 1 rings (SSSR count). The minimum atomic E-state index is -2.35. The molecule has 1 aliphatic heterocycles. The lowest BCUT2D eigenvalue weighted by Crippen LogP contribution is -2.42. The molecule has 0 aliphatic carbocycles. The van der Waals surface area contributed by atoms with Crippen LogP contribution in [0.2, 0.25) is 6.04 Å². The van der Waals surface area contributed by atoms with E-state index in [9.17, 15) is 0 Å². The summed E-state index contributed by atoms with van der Waals surface area (Å²) < 4.78 is 26.7. The van der Waals surface area contributed by atoms with Crippen molar-refractivity contribution in [1.82, 2.24) is 0 Å². The second-order valence-corrected chi connectivity index (χ2v) is 7.58. The third-order valence-electron chi connectivity index (χ3n) is 3.16. The second-order valence-electron chi connectivity index (χ2n) is 4.49. The lowest BCUT2D eigenvalue weighted by atomic mass is 10.2. The van der Waals surface area contributed by atoms with E-state index in [1.165, 1.54) is 6.42 Å². The Morgan fingerprint density at radius 2 is 1.61 bits per heavy atom. The first-order valence-corrected chi connectivity index (χ1v) is 8.54. The molecule has 0 spiro atoms. The quantitative estimate of drug-likeness (QED) is 0.310. The van der Waals surface area contributed by atoms with E-state index in [1.807, 2.05) is 0 Å². The molecule has 0 aromatic rings. The number of epoxide rings is 1. The summed E-state index contributed by atoms with van der Waals surface area (Å²) in [5, 5.41) is 0. The number of rotatable bonds is 12. The Kier molecular flexibility index (Phi) is 8.04. The summed E-state index contributed by atoms with van der Waals surface area (Å²) in [6.45, 7) is 2.46. The topological polar surface area (TPSA) is 49.5 Å². The summed E-state index contributed by atoms with van der Waals surface area (Å²) in [6.07, 6.45) is 4.89. The van der Waals surface area contributed by atoms with Gasteiger partial charge >= 0.3 is 8.80 Å². The molecule has 0 aromatic heterocycles. The van der Waals surface area contributed by atoms with E-state index >= 15 is 0 Å². The van der Waals surface area contributed by atoms with Gasteiger partial charge in [-0.15, -0.1) is 0 Å². The van der Waals surface area contributed by atoms with Crippen LogP contribution in [0.4, 0.5) is 0 Å². The van der Waals surface area contributed by atoms with Crippen molar-refractivity contribution in [2.24, 2.45) is 0 Å². The van der Waals surface area contributed by atoms with Crippen LogP contribution in [0.5, 0.6) is 0 Å². The Hall–Kier alpha value is 0.0169. The van der Waals surface area contributed by atoms with Gasteiger partial charge in [-0.25, -0.2) is 0 Å². The molecule has 1 heterocycles. The van der Waals surface area contributed by atoms with Crippen LogP contribution < -0.4 is 0 Å². The molecule has 5 nitrogen and oxygen atoms in total. The zero-order valence-electron chi connectivity index (χ0n) is 11.8. The van der Waals surface area contributed by atoms with Crippen molar-refractivity contribution in [2.45, 2.75) is 37.8 Å². The van der Waals surface area contributed by atoms with Crippen molar-refractivity contribution in [1.29, 1.82) is 0 Å². The highest BCUT2D eigenvalue weighted by Crippen LogP contribution is 2.17. The minimum Gasteiger partial charge on any atom is -0.379 e. The van der Waals surface area contributed by atoms with E-state index in [0.717, 1.165) is 45.1 Å². The first-order chi connectivity index (χ1) is 8.76. The molecule has 1 fully saturated rings. The van der Waals surface area contributed by atoms with Crippen molar-refractivity contribution in [3.8, 4) is 0 Å².